The Morgan fingerprint density at radius 2 is 0.864 bits per heavy atom. The molecule has 0 saturated heterocycles. The van der Waals surface area contributed by atoms with Crippen molar-refractivity contribution in [2.24, 2.45) is 5.92 Å². The quantitative estimate of drug-likeness (QED) is 0.0367. The molecule has 0 saturated carbocycles. The highest BCUT2D eigenvalue weighted by Gasteiger charge is 2.28. The number of nitrogens with one attached hydrogen (secondary N) is 2. The van der Waals surface area contributed by atoms with E-state index < -0.39 is 41.6 Å². The second-order valence-corrected chi connectivity index (χ2v) is 20.0. The molecule has 11 nitrogen and oxygen atoms in total. The molecule has 0 fully saturated rings. The molecule has 0 spiro atoms. The van der Waals surface area contributed by atoms with E-state index in [1.165, 1.54) is 148 Å². The molecule has 0 aliphatic heterocycles. The van der Waals surface area contributed by atoms with Crippen LogP contribution in [0.2, 0.25) is 0 Å². The van der Waals surface area contributed by atoms with Crippen molar-refractivity contribution >= 4 is 29.9 Å². The van der Waals surface area contributed by atoms with Crippen molar-refractivity contribution in [1.29, 1.82) is 0 Å². The number of benzene rings is 1. The van der Waals surface area contributed by atoms with Crippen LogP contribution < -0.4 is 10.6 Å². The highest BCUT2D eigenvalue weighted by molar-refractivity contribution is 5.89. The summed E-state index contributed by atoms with van der Waals surface area (Å²) in [5, 5.41) is 23.2. The summed E-state index contributed by atoms with van der Waals surface area (Å²) >= 11 is 0. The minimum absolute atomic E-state index is 0.0885. The fraction of sp³-hybridized carbons (Fsp3) is 0.800. The lowest BCUT2D eigenvalue weighted by Gasteiger charge is -2.24. The van der Waals surface area contributed by atoms with Gasteiger partial charge in [-0.05, 0) is 57.9 Å². The summed E-state index contributed by atoms with van der Waals surface area (Å²) in [6, 6.07) is 8.26. The molecule has 1 rings (SSSR count). The number of amides is 2. The van der Waals surface area contributed by atoms with Gasteiger partial charge in [0.05, 0.1) is 6.42 Å². The number of hydrogen-bond acceptors (Lipinski definition) is 7. The molecule has 4 N–H and O–H groups in total. The summed E-state index contributed by atoms with van der Waals surface area (Å²) in [5.41, 5.74) is 0.0852. The van der Waals surface area contributed by atoms with Crippen LogP contribution in [0.1, 0.15) is 257 Å². The van der Waals surface area contributed by atoms with Crippen LogP contribution >= 0.6 is 0 Å². The molecule has 11 heteroatoms. The lowest BCUT2D eigenvalue weighted by atomic mass is 9.93. The van der Waals surface area contributed by atoms with Gasteiger partial charge in [0.1, 0.15) is 18.2 Å². The second kappa shape index (κ2) is 41.5. The molecule has 2 atom stereocenters. The smallest absolute Gasteiger partial charge is 0.408 e. The molecule has 2 unspecified atom stereocenters. The van der Waals surface area contributed by atoms with Gasteiger partial charge in [0, 0.05) is 19.4 Å². The number of aliphatic carboxylic acids is 2. The van der Waals surface area contributed by atoms with Gasteiger partial charge < -0.3 is 30.3 Å². The van der Waals surface area contributed by atoms with Crippen LogP contribution in [0.25, 0.3) is 0 Å². The lowest BCUT2D eigenvalue weighted by Crippen LogP contribution is -2.50. The SMILES string of the molecule is CC(C)(C)OC(=O)NC(CC(=O)OCc1ccccc1)C(=O)NCC(CCCCCCCCCCCCCCCCCCC(=O)O)CCCCCCCCCCCCCCCCCC(=O)O. The molecule has 0 heterocycles. The maximum absolute atomic E-state index is 13.6. The summed E-state index contributed by atoms with van der Waals surface area (Å²) in [5.74, 6) is -2.02. The fourth-order valence-electron chi connectivity index (χ4n) is 8.53. The van der Waals surface area contributed by atoms with Gasteiger partial charge >= 0.3 is 24.0 Å². The molecule has 1 aromatic rings. The molecule has 1 aromatic carbocycles. The van der Waals surface area contributed by atoms with Gasteiger partial charge in [0.25, 0.3) is 0 Å². The Bertz CT molecular complexity index is 1370. The number of hydrogen-bond donors (Lipinski definition) is 4. The van der Waals surface area contributed by atoms with Crippen LogP contribution in [0, 0.1) is 5.92 Å². The fourth-order valence-corrected chi connectivity index (χ4v) is 8.53. The average Bonchev–Trinajstić information content (AvgIpc) is 3.26. The van der Waals surface area contributed by atoms with Gasteiger partial charge in [-0.1, -0.05) is 217 Å². The van der Waals surface area contributed by atoms with E-state index in [0.29, 0.717) is 25.3 Å². The zero-order chi connectivity index (χ0) is 48.4. The third kappa shape index (κ3) is 40.6. The number of rotatable bonds is 45. The highest BCUT2D eigenvalue weighted by atomic mass is 16.6. The summed E-state index contributed by atoms with van der Waals surface area (Å²) in [6.45, 7) is 5.86. The molecule has 0 aliphatic rings. The van der Waals surface area contributed by atoms with Crippen molar-refractivity contribution in [3.63, 3.8) is 0 Å². The average molecular weight is 929 g/mol. The Balaban J connectivity index is 2.49. The summed E-state index contributed by atoms with van der Waals surface area (Å²) in [4.78, 5) is 60.5. The largest absolute Gasteiger partial charge is 0.481 e. The van der Waals surface area contributed by atoms with E-state index in [2.05, 4.69) is 10.6 Å². The number of ether oxygens (including phenoxy) is 2. The number of esters is 1. The maximum atomic E-state index is 13.6. The summed E-state index contributed by atoms with van der Waals surface area (Å²) in [6.07, 6.45) is 39.1. The van der Waals surface area contributed by atoms with Crippen LogP contribution in [0.4, 0.5) is 4.79 Å². The molecule has 0 aromatic heterocycles. The minimum Gasteiger partial charge on any atom is -0.481 e. The van der Waals surface area contributed by atoms with Crippen molar-refractivity contribution in [2.45, 2.75) is 270 Å². The van der Waals surface area contributed by atoms with Crippen molar-refractivity contribution in [2.75, 3.05) is 6.54 Å². The van der Waals surface area contributed by atoms with Gasteiger partial charge in [-0.2, -0.15) is 0 Å². The summed E-state index contributed by atoms with van der Waals surface area (Å²) in [7, 11) is 0. The monoisotopic (exact) mass is 929 g/mol. The molecular formula is C55H96N2O9. The van der Waals surface area contributed by atoms with Gasteiger partial charge in [0.2, 0.25) is 5.91 Å². The molecule has 66 heavy (non-hydrogen) atoms. The van der Waals surface area contributed by atoms with E-state index >= 15 is 0 Å². The first kappa shape index (κ1) is 60.4. The Labute approximate surface area is 401 Å². The van der Waals surface area contributed by atoms with Crippen LogP contribution in [-0.2, 0) is 35.3 Å². The normalized spacial score (nSPS) is 12.3. The first-order chi connectivity index (χ1) is 31.9. The first-order valence-electron chi connectivity index (χ1n) is 26.8. The molecular weight excluding hydrogens is 833 g/mol. The van der Waals surface area contributed by atoms with Crippen LogP contribution in [0.5, 0.6) is 0 Å². The van der Waals surface area contributed by atoms with Crippen LogP contribution in [0.3, 0.4) is 0 Å². The first-order valence-corrected chi connectivity index (χ1v) is 26.8. The Hall–Kier alpha value is -3.63. The topological polar surface area (TPSA) is 168 Å². The number of alkyl carbamates (subject to hydrolysis) is 1. The lowest BCUT2D eigenvalue weighted by molar-refractivity contribution is -0.147. The van der Waals surface area contributed by atoms with Crippen LogP contribution in [-0.4, -0.2) is 58.3 Å². The van der Waals surface area contributed by atoms with Crippen molar-refractivity contribution in [3.05, 3.63) is 35.9 Å². The van der Waals surface area contributed by atoms with Crippen LogP contribution in [0.15, 0.2) is 30.3 Å². The zero-order valence-corrected chi connectivity index (χ0v) is 42.2. The number of carboxylic acid groups (broad SMARTS) is 2. The third-order valence-electron chi connectivity index (χ3n) is 12.4. The standard InChI is InChI=1S/C55H96N2O9/c1-55(2,3)66-54(64)57-49(44-52(62)65-46-48-40-34-31-35-41-48)53(63)56-45-47(39-33-28-24-20-16-12-8-6-10-14-18-22-26-30-37-43-51(60)61)38-32-27-23-19-15-11-7-4-5-9-13-17-21-25-29-36-42-50(58)59/h31,34-35,40-41,47,49H,4-30,32-33,36-39,42-46H2,1-3H3,(H,56,63)(H,57,64)(H,58,59)(H,60,61). The van der Waals surface area contributed by atoms with E-state index in [0.717, 1.165) is 69.8 Å². The predicted molar refractivity (Wildman–Crippen MR) is 267 cm³/mol. The minimum atomic E-state index is -1.11. The van der Waals surface area contributed by atoms with Crippen molar-refractivity contribution in [3.8, 4) is 0 Å². The molecule has 0 radical (unpaired) electrons. The third-order valence-corrected chi connectivity index (χ3v) is 12.4. The number of carbonyl (C=O) groups is 5. The van der Waals surface area contributed by atoms with E-state index in [-0.39, 0.29) is 13.0 Å². The van der Waals surface area contributed by atoms with E-state index in [4.69, 9.17) is 19.7 Å². The molecule has 0 bridgehead atoms. The van der Waals surface area contributed by atoms with Crippen molar-refractivity contribution < 1.29 is 43.7 Å². The Kier molecular flexibility index (Phi) is 38.0. The predicted octanol–water partition coefficient (Wildman–Crippen LogP) is 14.6. The highest BCUT2D eigenvalue weighted by Crippen LogP contribution is 2.21. The zero-order valence-electron chi connectivity index (χ0n) is 42.2. The van der Waals surface area contributed by atoms with E-state index in [1.807, 2.05) is 30.3 Å². The summed E-state index contributed by atoms with van der Waals surface area (Å²) < 4.78 is 10.9. The van der Waals surface area contributed by atoms with E-state index in [1.54, 1.807) is 20.8 Å². The van der Waals surface area contributed by atoms with Crippen molar-refractivity contribution in [1.82, 2.24) is 10.6 Å². The van der Waals surface area contributed by atoms with Gasteiger partial charge in [-0.15, -0.1) is 0 Å². The molecule has 2 amide bonds. The Morgan fingerprint density at radius 1 is 0.515 bits per heavy atom. The molecule has 380 valence electrons. The van der Waals surface area contributed by atoms with E-state index in [9.17, 15) is 24.0 Å². The second-order valence-electron chi connectivity index (χ2n) is 20.0. The van der Waals surface area contributed by atoms with Gasteiger partial charge in [-0.3, -0.25) is 19.2 Å². The number of unbranched alkanes of at least 4 members (excludes halogenated alkanes) is 29. The Morgan fingerprint density at radius 3 is 1.21 bits per heavy atom. The van der Waals surface area contributed by atoms with Gasteiger partial charge in [0.15, 0.2) is 0 Å². The number of carbonyl (C=O) groups excluding carboxylic acids is 3. The number of carboxylic acids is 2. The maximum Gasteiger partial charge on any atom is 0.408 e. The molecule has 0 aliphatic carbocycles. The van der Waals surface area contributed by atoms with Gasteiger partial charge in [-0.25, -0.2) is 4.79 Å².